The zero-order valence-corrected chi connectivity index (χ0v) is 9.87. The SMILES string of the molecule is O=C(CC1CCC1)c1cccc2c1OCCN2. The Balaban J connectivity index is 1.83. The van der Waals surface area contributed by atoms with Crippen LogP contribution in [0, 0.1) is 5.92 Å². The first-order valence-electron chi connectivity index (χ1n) is 6.37. The summed E-state index contributed by atoms with van der Waals surface area (Å²) in [5.41, 5.74) is 1.71. The number of para-hydroxylation sites is 1. The van der Waals surface area contributed by atoms with Crippen molar-refractivity contribution in [2.45, 2.75) is 25.7 Å². The van der Waals surface area contributed by atoms with Gasteiger partial charge >= 0.3 is 0 Å². The summed E-state index contributed by atoms with van der Waals surface area (Å²) in [6.45, 7) is 1.45. The monoisotopic (exact) mass is 231 g/mol. The van der Waals surface area contributed by atoms with Crippen molar-refractivity contribution in [1.82, 2.24) is 0 Å². The van der Waals surface area contributed by atoms with E-state index in [1.54, 1.807) is 0 Å². The maximum atomic E-state index is 12.2. The molecule has 1 aromatic rings. The summed E-state index contributed by atoms with van der Waals surface area (Å²) in [6, 6.07) is 5.77. The molecule has 1 saturated carbocycles. The van der Waals surface area contributed by atoms with Crippen molar-refractivity contribution in [2.24, 2.45) is 5.92 Å². The van der Waals surface area contributed by atoms with Crippen molar-refractivity contribution in [3.05, 3.63) is 23.8 Å². The van der Waals surface area contributed by atoms with Crippen LogP contribution in [0.15, 0.2) is 18.2 Å². The van der Waals surface area contributed by atoms with E-state index >= 15 is 0 Å². The molecule has 0 aromatic heterocycles. The van der Waals surface area contributed by atoms with Crippen molar-refractivity contribution in [1.29, 1.82) is 0 Å². The molecule has 1 heterocycles. The summed E-state index contributed by atoms with van der Waals surface area (Å²) >= 11 is 0. The first-order valence-corrected chi connectivity index (χ1v) is 6.37. The third-order valence-corrected chi connectivity index (χ3v) is 3.68. The second kappa shape index (κ2) is 4.40. The number of ether oxygens (including phenoxy) is 1. The summed E-state index contributed by atoms with van der Waals surface area (Å²) in [4.78, 5) is 12.2. The highest BCUT2D eigenvalue weighted by molar-refractivity contribution is 6.00. The Morgan fingerprint density at radius 3 is 3.06 bits per heavy atom. The number of benzene rings is 1. The molecular formula is C14H17NO2. The molecule has 17 heavy (non-hydrogen) atoms. The van der Waals surface area contributed by atoms with Gasteiger partial charge in [-0.05, 0) is 18.1 Å². The smallest absolute Gasteiger partial charge is 0.166 e. The van der Waals surface area contributed by atoms with Crippen molar-refractivity contribution in [2.75, 3.05) is 18.5 Å². The highest BCUT2D eigenvalue weighted by Crippen LogP contribution is 2.35. The van der Waals surface area contributed by atoms with Gasteiger partial charge in [0.25, 0.3) is 0 Å². The maximum absolute atomic E-state index is 12.2. The normalized spacial score (nSPS) is 18.6. The first-order chi connectivity index (χ1) is 8.34. The van der Waals surface area contributed by atoms with Crippen molar-refractivity contribution >= 4 is 11.5 Å². The van der Waals surface area contributed by atoms with Gasteiger partial charge in [-0.3, -0.25) is 4.79 Å². The van der Waals surface area contributed by atoms with E-state index in [0.717, 1.165) is 23.5 Å². The summed E-state index contributed by atoms with van der Waals surface area (Å²) < 4.78 is 5.63. The molecule has 3 heteroatoms. The molecule has 0 atom stereocenters. The van der Waals surface area contributed by atoms with Gasteiger partial charge in [-0.25, -0.2) is 0 Å². The van der Waals surface area contributed by atoms with Gasteiger partial charge in [0.2, 0.25) is 0 Å². The molecule has 1 aliphatic carbocycles. The van der Waals surface area contributed by atoms with Gasteiger partial charge in [0.15, 0.2) is 11.5 Å². The Bertz CT molecular complexity index is 438. The molecule has 0 bridgehead atoms. The van der Waals surface area contributed by atoms with E-state index in [0.29, 0.717) is 18.9 Å². The first kappa shape index (κ1) is 10.6. The van der Waals surface area contributed by atoms with Crippen LogP contribution in [0.25, 0.3) is 0 Å². The number of nitrogens with one attached hydrogen (secondary N) is 1. The van der Waals surface area contributed by atoms with Crippen LogP contribution in [0.2, 0.25) is 0 Å². The van der Waals surface area contributed by atoms with E-state index in [-0.39, 0.29) is 5.78 Å². The van der Waals surface area contributed by atoms with E-state index in [9.17, 15) is 4.79 Å². The van der Waals surface area contributed by atoms with Gasteiger partial charge in [-0.2, -0.15) is 0 Å². The topological polar surface area (TPSA) is 38.3 Å². The summed E-state index contributed by atoms with van der Waals surface area (Å²) in [7, 11) is 0. The minimum atomic E-state index is 0.232. The Labute approximate surface area is 101 Å². The second-order valence-corrected chi connectivity index (χ2v) is 4.88. The quantitative estimate of drug-likeness (QED) is 0.813. The summed E-state index contributed by atoms with van der Waals surface area (Å²) in [5.74, 6) is 1.59. The van der Waals surface area contributed by atoms with Crippen LogP contribution < -0.4 is 10.1 Å². The Kier molecular flexibility index (Phi) is 2.75. The van der Waals surface area contributed by atoms with Gasteiger partial charge in [0, 0.05) is 13.0 Å². The van der Waals surface area contributed by atoms with E-state index in [1.165, 1.54) is 19.3 Å². The third kappa shape index (κ3) is 2.02. The Morgan fingerprint density at radius 1 is 1.41 bits per heavy atom. The molecule has 1 aliphatic heterocycles. The minimum Gasteiger partial charge on any atom is -0.489 e. The molecule has 0 spiro atoms. The molecule has 0 unspecified atom stereocenters. The number of carbonyl (C=O) groups is 1. The molecule has 1 N–H and O–H groups in total. The molecule has 0 amide bonds. The van der Waals surface area contributed by atoms with Crippen LogP contribution in [0.1, 0.15) is 36.0 Å². The Morgan fingerprint density at radius 2 is 2.29 bits per heavy atom. The number of Topliss-reactive ketones (excluding diaryl/α,β-unsaturated/α-hetero) is 1. The number of fused-ring (bicyclic) bond motifs is 1. The van der Waals surface area contributed by atoms with E-state index in [1.807, 2.05) is 18.2 Å². The number of hydrogen-bond donors (Lipinski definition) is 1. The number of ketones is 1. The van der Waals surface area contributed by atoms with Gasteiger partial charge in [-0.15, -0.1) is 0 Å². The zero-order chi connectivity index (χ0) is 11.7. The van der Waals surface area contributed by atoms with Gasteiger partial charge < -0.3 is 10.1 Å². The third-order valence-electron chi connectivity index (χ3n) is 3.68. The predicted octanol–water partition coefficient (Wildman–Crippen LogP) is 2.86. The van der Waals surface area contributed by atoms with Crippen LogP contribution >= 0.6 is 0 Å². The molecular weight excluding hydrogens is 214 g/mol. The molecule has 1 fully saturated rings. The second-order valence-electron chi connectivity index (χ2n) is 4.88. The lowest BCUT2D eigenvalue weighted by atomic mass is 9.81. The minimum absolute atomic E-state index is 0.232. The molecule has 0 radical (unpaired) electrons. The molecule has 90 valence electrons. The molecule has 3 rings (SSSR count). The lowest BCUT2D eigenvalue weighted by Crippen LogP contribution is -2.21. The van der Waals surface area contributed by atoms with Gasteiger partial charge in [-0.1, -0.05) is 25.3 Å². The maximum Gasteiger partial charge on any atom is 0.166 e. The largest absolute Gasteiger partial charge is 0.489 e. The van der Waals surface area contributed by atoms with Crippen LogP contribution in [0.3, 0.4) is 0 Å². The van der Waals surface area contributed by atoms with E-state index in [2.05, 4.69) is 5.32 Å². The van der Waals surface area contributed by atoms with Crippen LogP contribution in [0.4, 0.5) is 5.69 Å². The number of anilines is 1. The van der Waals surface area contributed by atoms with Crippen molar-refractivity contribution < 1.29 is 9.53 Å². The van der Waals surface area contributed by atoms with Crippen molar-refractivity contribution in [3.8, 4) is 5.75 Å². The van der Waals surface area contributed by atoms with Crippen LogP contribution in [-0.2, 0) is 0 Å². The summed E-state index contributed by atoms with van der Waals surface area (Å²) in [5, 5.41) is 3.26. The van der Waals surface area contributed by atoms with E-state index in [4.69, 9.17) is 4.74 Å². The molecule has 3 nitrogen and oxygen atoms in total. The average Bonchev–Trinajstić information content (AvgIpc) is 2.33. The van der Waals surface area contributed by atoms with Crippen LogP contribution in [0.5, 0.6) is 5.75 Å². The van der Waals surface area contributed by atoms with E-state index < -0.39 is 0 Å². The number of carbonyl (C=O) groups excluding carboxylic acids is 1. The zero-order valence-electron chi connectivity index (χ0n) is 9.87. The molecule has 0 saturated heterocycles. The highest BCUT2D eigenvalue weighted by atomic mass is 16.5. The number of rotatable bonds is 3. The fourth-order valence-corrected chi connectivity index (χ4v) is 2.46. The Hall–Kier alpha value is -1.51. The molecule has 1 aromatic carbocycles. The fourth-order valence-electron chi connectivity index (χ4n) is 2.46. The van der Waals surface area contributed by atoms with Crippen molar-refractivity contribution in [3.63, 3.8) is 0 Å². The highest BCUT2D eigenvalue weighted by Gasteiger charge is 2.24. The lowest BCUT2D eigenvalue weighted by Gasteiger charge is -2.26. The number of hydrogen-bond acceptors (Lipinski definition) is 3. The summed E-state index contributed by atoms with van der Waals surface area (Å²) in [6.07, 6.45) is 4.38. The lowest BCUT2D eigenvalue weighted by molar-refractivity contribution is 0.0932. The fraction of sp³-hybridized carbons (Fsp3) is 0.500. The molecule has 2 aliphatic rings. The van der Waals surface area contributed by atoms with Crippen LogP contribution in [-0.4, -0.2) is 18.9 Å². The standard InChI is InChI=1S/C14H17NO2/c16-13(9-10-3-1-4-10)11-5-2-6-12-14(11)17-8-7-15-12/h2,5-6,10,15H,1,3-4,7-9H2. The van der Waals surface area contributed by atoms with Gasteiger partial charge in [0.1, 0.15) is 6.61 Å². The average molecular weight is 231 g/mol. The van der Waals surface area contributed by atoms with Gasteiger partial charge in [0.05, 0.1) is 11.3 Å². The predicted molar refractivity (Wildman–Crippen MR) is 66.7 cm³/mol.